The SMILES string of the molecule is CC1CC(NC(=O)C2CSCCN2)CCN1C. The molecular weight excluding hydrogens is 234 g/mol. The number of carbonyl (C=O) groups is 1. The minimum absolute atomic E-state index is 0.0173. The topological polar surface area (TPSA) is 44.4 Å². The van der Waals surface area contributed by atoms with Gasteiger partial charge in [-0.05, 0) is 26.8 Å². The molecule has 0 aromatic carbocycles. The monoisotopic (exact) mass is 257 g/mol. The Balaban J connectivity index is 1.78. The van der Waals surface area contributed by atoms with Crippen LogP contribution in [-0.4, -0.2) is 60.6 Å². The van der Waals surface area contributed by atoms with Gasteiger partial charge in [-0.2, -0.15) is 11.8 Å². The molecule has 0 aromatic heterocycles. The highest BCUT2D eigenvalue weighted by Gasteiger charge is 2.27. The van der Waals surface area contributed by atoms with E-state index >= 15 is 0 Å². The Labute approximate surface area is 108 Å². The summed E-state index contributed by atoms with van der Waals surface area (Å²) in [4.78, 5) is 14.4. The molecule has 0 aliphatic carbocycles. The normalized spacial score (nSPS) is 35.5. The molecule has 0 spiro atoms. The van der Waals surface area contributed by atoms with Crippen LogP contribution in [0.25, 0.3) is 0 Å². The zero-order valence-electron chi connectivity index (χ0n) is 10.7. The Morgan fingerprint density at radius 2 is 2.35 bits per heavy atom. The predicted octanol–water partition coefficient (Wildman–Crippen LogP) is 0.290. The van der Waals surface area contributed by atoms with Crippen LogP contribution in [0.4, 0.5) is 0 Å². The lowest BCUT2D eigenvalue weighted by molar-refractivity contribution is -0.123. The van der Waals surface area contributed by atoms with Crippen molar-refractivity contribution in [3.05, 3.63) is 0 Å². The Kier molecular flexibility index (Phi) is 4.70. The first-order chi connectivity index (χ1) is 8.16. The largest absolute Gasteiger partial charge is 0.352 e. The van der Waals surface area contributed by atoms with Crippen molar-refractivity contribution in [2.24, 2.45) is 0 Å². The average molecular weight is 257 g/mol. The van der Waals surface area contributed by atoms with Gasteiger partial charge < -0.3 is 15.5 Å². The summed E-state index contributed by atoms with van der Waals surface area (Å²) in [5.41, 5.74) is 0. The highest BCUT2D eigenvalue weighted by molar-refractivity contribution is 7.99. The van der Waals surface area contributed by atoms with Crippen molar-refractivity contribution in [2.75, 3.05) is 31.6 Å². The zero-order chi connectivity index (χ0) is 12.3. The van der Waals surface area contributed by atoms with E-state index in [1.165, 1.54) is 0 Å². The van der Waals surface area contributed by atoms with Gasteiger partial charge in [-0.25, -0.2) is 0 Å². The summed E-state index contributed by atoms with van der Waals surface area (Å²) < 4.78 is 0. The van der Waals surface area contributed by atoms with Gasteiger partial charge in [0.15, 0.2) is 0 Å². The molecule has 5 heteroatoms. The summed E-state index contributed by atoms with van der Waals surface area (Å²) in [6.45, 7) is 4.26. The molecule has 17 heavy (non-hydrogen) atoms. The molecule has 4 nitrogen and oxygen atoms in total. The minimum atomic E-state index is 0.0173. The van der Waals surface area contributed by atoms with Crippen LogP contribution in [0, 0.1) is 0 Å². The lowest BCUT2D eigenvalue weighted by Gasteiger charge is -2.36. The van der Waals surface area contributed by atoms with Gasteiger partial charge in [0.1, 0.15) is 0 Å². The van der Waals surface area contributed by atoms with Gasteiger partial charge in [0, 0.05) is 36.7 Å². The van der Waals surface area contributed by atoms with Crippen LogP contribution in [0.1, 0.15) is 19.8 Å². The van der Waals surface area contributed by atoms with Crippen molar-refractivity contribution < 1.29 is 4.79 Å². The van der Waals surface area contributed by atoms with Gasteiger partial charge >= 0.3 is 0 Å². The second-order valence-electron chi connectivity index (χ2n) is 5.14. The lowest BCUT2D eigenvalue weighted by atomic mass is 9.98. The van der Waals surface area contributed by atoms with E-state index in [0.29, 0.717) is 12.1 Å². The standard InChI is InChI=1S/C12H23N3OS/c1-9-7-10(3-5-15(9)2)14-12(16)11-8-17-6-4-13-11/h9-11,13H,3-8H2,1-2H3,(H,14,16). The van der Waals surface area contributed by atoms with Gasteiger partial charge in [0.05, 0.1) is 6.04 Å². The second kappa shape index (κ2) is 6.07. The molecule has 2 aliphatic rings. The van der Waals surface area contributed by atoms with Crippen molar-refractivity contribution in [3.63, 3.8) is 0 Å². The van der Waals surface area contributed by atoms with Crippen molar-refractivity contribution in [3.8, 4) is 0 Å². The van der Waals surface area contributed by atoms with Gasteiger partial charge in [-0.1, -0.05) is 0 Å². The molecule has 2 heterocycles. The van der Waals surface area contributed by atoms with E-state index in [0.717, 1.165) is 37.4 Å². The molecule has 0 bridgehead atoms. The van der Waals surface area contributed by atoms with E-state index in [2.05, 4.69) is 29.5 Å². The zero-order valence-corrected chi connectivity index (χ0v) is 11.6. The molecule has 2 N–H and O–H groups in total. The van der Waals surface area contributed by atoms with Crippen LogP contribution in [0.3, 0.4) is 0 Å². The summed E-state index contributed by atoms with van der Waals surface area (Å²) >= 11 is 1.86. The van der Waals surface area contributed by atoms with Gasteiger partial charge in [-0.3, -0.25) is 4.79 Å². The third kappa shape index (κ3) is 3.60. The predicted molar refractivity (Wildman–Crippen MR) is 72.4 cm³/mol. The third-order valence-electron chi connectivity index (χ3n) is 3.79. The molecule has 1 amide bonds. The van der Waals surface area contributed by atoms with E-state index < -0.39 is 0 Å². The van der Waals surface area contributed by atoms with Crippen LogP contribution in [0.2, 0.25) is 0 Å². The fourth-order valence-corrected chi connectivity index (χ4v) is 3.39. The number of carbonyl (C=O) groups excluding carboxylic acids is 1. The molecule has 2 rings (SSSR count). The van der Waals surface area contributed by atoms with Crippen LogP contribution in [0.15, 0.2) is 0 Å². The van der Waals surface area contributed by atoms with E-state index in [4.69, 9.17) is 0 Å². The first-order valence-corrected chi connectivity index (χ1v) is 7.64. The smallest absolute Gasteiger partial charge is 0.238 e. The van der Waals surface area contributed by atoms with Crippen molar-refractivity contribution in [2.45, 2.75) is 37.9 Å². The van der Waals surface area contributed by atoms with Crippen LogP contribution < -0.4 is 10.6 Å². The number of thioether (sulfide) groups is 1. The first-order valence-electron chi connectivity index (χ1n) is 6.48. The van der Waals surface area contributed by atoms with Crippen LogP contribution in [0.5, 0.6) is 0 Å². The highest BCUT2D eigenvalue weighted by Crippen LogP contribution is 2.16. The van der Waals surface area contributed by atoms with E-state index in [-0.39, 0.29) is 11.9 Å². The van der Waals surface area contributed by atoms with Gasteiger partial charge in [0.25, 0.3) is 0 Å². The van der Waals surface area contributed by atoms with Crippen LogP contribution >= 0.6 is 11.8 Å². The summed E-state index contributed by atoms with van der Waals surface area (Å²) in [5.74, 6) is 2.22. The molecule has 0 aromatic rings. The average Bonchev–Trinajstić information content (AvgIpc) is 2.35. The lowest BCUT2D eigenvalue weighted by Crippen LogP contribution is -2.54. The molecule has 3 atom stereocenters. The second-order valence-corrected chi connectivity index (χ2v) is 6.29. The molecule has 2 aliphatic heterocycles. The van der Waals surface area contributed by atoms with Crippen molar-refractivity contribution in [1.82, 2.24) is 15.5 Å². The molecule has 0 radical (unpaired) electrons. The number of piperidine rings is 1. The molecule has 3 unspecified atom stereocenters. The Bertz CT molecular complexity index is 268. The summed E-state index contributed by atoms with van der Waals surface area (Å²) in [7, 11) is 2.15. The van der Waals surface area contributed by atoms with E-state index in [1.54, 1.807) is 0 Å². The fourth-order valence-electron chi connectivity index (χ4n) is 2.46. The number of nitrogens with zero attached hydrogens (tertiary/aromatic N) is 1. The maximum absolute atomic E-state index is 12.1. The number of rotatable bonds is 2. The van der Waals surface area contributed by atoms with Crippen molar-refractivity contribution in [1.29, 1.82) is 0 Å². The Morgan fingerprint density at radius 3 is 3.00 bits per heavy atom. The Morgan fingerprint density at radius 1 is 1.53 bits per heavy atom. The number of nitrogens with one attached hydrogen (secondary N) is 2. The summed E-state index contributed by atoms with van der Waals surface area (Å²) in [6, 6.07) is 0.953. The molecular formula is C12H23N3OS. The molecule has 0 saturated carbocycles. The molecule has 98 valence electrons. The number of hydrogen-bond acceptors (Lipinski definition) is 4. The fraction of sp³-hybridized carbons (Fsp3) is 0.917. The highest BCUT2D eigenvalue weighted by atomic mass is 32.2. The van der Waals surface area contributed by atoms with Crippen LogP contribution in [-0.2, 0) is 4.79 Å². The first kappa shape index (κ1) is 13.2. The number of amides is 1. The van der Waals surface area contributed by atoms with Gasteiger partial charge in [-0.15, -0.1) is 0 Å². The minimum Gasteiger partial charge on any atom is -0.352 e. The number of likely N-dealkylation sites (tertiary alicyclic amines) is 1. The van der Waals surface area contributed by atoms with E-state index in [1.807, 2.05) is 11.8 Å². The quantitative estimate of drug-likeness (QED) is 0.746. The maximum atomic E-state index is 12.1. The van der Waals surface area contributed by atoms with Gasteiger partial charge in [0.2, 0.25) is 5.91 Å². The van der Waals surface area contributed by atoms with Crippen molar-refractivity contribution >= 4 is 17.7 Å². The molecule has 2 fully saturated rings. The Hall–Kier alpha value is -0.260. The maximum Gasteiger partial charge on any atom is 0.238 e. The summed E-state index contributed by atoms with van der Waals surface area (Å²) in [6.07, 6.45) is 2.15. The van der Waals surface area contributed by atoms with E-state index in [9.17, 15) is 4.79 Å². The summed E-state index contributed by atoms with van der Waals surface area (Å²) in [5, 5.41) is 6.48. The third-order valence-corrected chi connectivity index (χ3v) is 4.85. The number of hydrogen-bond donors (Lipinski definition) is 2. The molecule has 2 saturated heterocycles.